The van der Waals surface area contributed by atoms with Gasteiger partial charge in [-0.3, -0.25) is 4.57 Å². The van der Waals surface area contributed by atoms with Gasteiger partial charge in [-0.2, -0.15) is 0 Å². The van der Waals surface area contributed by atoms with E-state index in [-0.39, 0.29) is 0 Å². The molecule has 0 radical (unpaired) electrons. The van der Waals surface area contributed by atoms with E-state index in [1.165, 1.54) is 6.42 Å². The highest BCUT2D eigenvalue weighted by Crippen LogP contribution is 2.50. The maximum absolute atomic E-state index is 5.58. The van der Waals surface area contributed by atoms with Crippen molar-refractivity contribution in [1.82, 2.24) is 14.5 Å². The van der Waals surface area contributed by atoms with Crippen LogP contribution in [0.3, 0.4) is 0 Å². The first-order valence-electron chi connectivity index (χ1n) is 7.43. The van der Waals surface area contributed by atoms with Crippen molar-refractivity contribution in [2.24, 2.45) is 10.8 Å². The number of nitrogens with zero attached hydrogens (tertiary/aromatic N) is 2. The third-order valence-corrected chi connectivity index (χ3v) is 5.15. The summed E-state index contributed by atoms with van der Waals surface area (Å²) in [5.74, 6) is 0. The maximum atomic E-state index is 5.58. The number of halogens is 1. The van der Waals surface area contributed by atoms with Gasteiger partial charge < -0.3 is 4.98 Å². The summed E-state index contributed by atoms with van der Waals surface area (Å²) in [5, 5.41) is 0. The molecule has 1 N–H and O–H groups in total. The molecule has 0 unspecified atom stereocenters. The molecule has 0 spiro atoms. The van der Waals surface area contributed by atoms with Crippen LogP contribution in [0.15, 0.2) is 16.7 Å². The lowest BCUT2D eigenvalue weighted by molar-refractivity contribution is 0.0731. The van der Waals surface area contributed by atoms with E-state index in [9.17, 15) is 0 Å². The zero-order valence-corrected chi connectivity index (χ0v) is 15.4. The fraction of sp³-hybridized carbons (Fsp3) is 0.625. The molecule has 0 aromatic carbocycles. The second-order valence-electron chi connectivity index (χ2n) is 7.89. The molecule has 2 heterocycles. The monoisotopic (exact) mass is 367 g/mol. The van der Waals surface area contributed by atoms with Gasteiger partial charge in [0.25, 0.3) is 0 Å². The number of H-pyrrole nitrogens is 1. The van der Waals surface area contributed by atoms with Gasteiger partial charge in [0.15, 0.2) is 10.4 Å². The van der Waals surface area contributed by atoms with E-state index in [2.05, 4.69) is 58.2 Å². The smallest absolute Gasteiger partial charge is 0.179 e. The predicted molar refractivity (Wildman–Crippen MR) is 93.1 cm³/mol. The Labute approximate surface area is 139 Å². The first kappa shape index (κ1) is 15.2. The lowest BCUT2D eigenvalue weighted by atomic mass is 9.63. The summed E-state index contributed by atoms with van der Waals surface area (Å²) in [6.45, 7) is 9.46. The molecule has 0 saturated heterocycles. The van der Waals surface area contributed by atoms with Crippen LogP contribution in [0.4, 0.5) is 0 Å². The van der Waals surface area contributed by atoms with Gasteiger partial charge >= 0.3 is 0 Å². The summed E-state index contributed by atoms with van der Waals surface area (Å²) < 4.78 is 4.00. The minimum atomic E-state index is 0.333. The summed E-state index contributed by atoms with van der Waals surface area (Å²) >= 11 is 9.05. The molecule has 2 aromatic heterocycles. The Bertz CT molecular complexity index is 726. The fourth-order valence-electron chi connectivity index (χ4n) is 4.30. The molecule has 0 atom stereocenters. The van der Waals surface area contributed by atoms with Gasteiger partial charge in [0.05, 0.1) is 5.52 Å². The molecule has 1 aliphatic carbocycles. The van der Waals surface area contributed by atoms with Crippen molar-refractivity contribution >= 4 is 39.3 Å². The van der Waals surface area contributed by atoms with Crippen molar-refractivity contribution in [2.75, 3.05) is 0 Å². The molecule has 21 heavy (non-hydrogen) atoms. The Morgan fingerprint density at radius 1 is 1.29 bits per heavy atom. The van der Waals surface area contributed by atoms with E-state index in [1.807, 2.05) is 12.3 Å². The van der Waals surface area contributed by atoms with Gasteiger partial charge in [0, 0.05) is 16.7 Å². The maximum Gasteiger partial charge on any atom is 0.179 e. The highest BCUT2D eigenvalue weighted by atomic mass is 79.9. The number of pyridine rings is 1. The minimum Gasteiger partial charge on any atom is -0.329 e. The van der Waals surface area contributed by atoms with Crippen LogP contribution in [0.5, 0.6) is 0 Å². The van der Waals surface area contributed by atoms with Crippen molar-refractivity contribution in [2.45, 2.75) is 53.0 Å². The van der Waals surface area contributed by atoms with Crippen molar-refractivity contribution in [3.8, 4) is 0 Å². The van der Waals surface area contributed by atoms with E-state index >= 15 is 0 Å². The van der Waals surface area contributed by atoms with Crippen molar-refractivity contribution in [3.63, 3.8) is 0 Å². The molecule has 0 aliphatic heterocycles. The van der Waals surface area contributed by atoms with Crippen molar-refractivity contribution in [3.05, 3.63) is 21.5 Å². The van der Waals surface area contributed by atoms with Crippen molar-refractivity contribution < 1.29 is 0 Å². The van der Waals surface area contributed by atoms with Gasteiger partial charge in [-0.05, 0) is 64.3 Å². The molecule has 1 saturated carbocycles. The number of nitrogens with one attached hydrogen (secondary N) is 1. The van der Waals surface area contributed by atoms with Gasteiger partial charge in [0.1, 0.15) is 0 Å². The first-order chi connectivity index (χ1) is 9.67. The third kappa shape index (κ3) is 2.95. The topological polar surface area (TPSA) is 33.6 Å². The molecule has 1 aliphatic rings. The van der Waals surface area contributed by atoms with Gasteiger partial charge in [-0.15, -0.1) is 0 Å². The van der Waals surface area contributed by atoms with E-state index in [4.69, 9.17) is 12.2 Å². The molecule has 3 nitrogen and oxygen atoms in total. The van der Waals surface area contributed by atoms with Crippen LogP contribution in [0.2, 0.25) is 0 Å². The summed E-state index contributed by atoms with van der Waals surface area (Å²) in [6.07, 6.45) is 5.40. The zero-order valence-electron chi connectivity index (χ0n) is 13.0. The van der Waals surface area contributed by atoms with Crippen LogP contribution in [-0.4, -0.2) is 14.5 Å². The van der Waals surface area contributed by atoms with Crippen LogP contribution < -0.4 is 0 Å². The number of aromatic amines is 1. The Morgan fingerprint density at radius 3 is 2.52 bits per heavy atom. The number of aromatic nitrogens is 3. The molecule has 3 rings (SSSR count). The predicted octanol–water partition coefficient (Wildman–Crippen LogP) is 5.63. The Kier molecular flexibility index (Phi) is 3.56. The normalized spacial score (nSPS) is 21.8. The number of imidazole rings is 1. The third-order valence-electron chi connectivity index (χ3n) is 4.42. The number of hydrogen-bond acceptors (Lipinski definition) is 2. The summed E-state index contributed by atoms with van der Waals surface area (Å²) in [4.78, 5) is 7.90. The SMILES string of the molecule is CC1(C)CC(n2c(=S)[nH]c3cc(Br)cnc32)CC(C)(C)C1. The highest BCUT2D eigenvalue weighted by molar-refractivity contribution is 9.10. The number of rotatable bonds is 1. The number of fused-ring (bicyclic) bond motifs is 1. The van der Waals surface area contributed by atoms with Gasteiger partial charge in [-0.1, -0.05) is 27.7 Å². The second-order valence-corrected chi connectivity index (χ2v) is 9.19. The van der Waals surface area contributed by atoms with Crippen LogP contribution in [0.1, 0.15) is 53.0 Å². The summed E-state index contributed by atoms with van der Waals surface area (Å²) in [7, 11) is 0. The van der Waals surface area contributed by atoms with Crippen molar-refractivity contribution in [1.29, 1.82) is 0 Å². The van der Waals surface area contributed by atoms with Crippen LogP contribution in [0.25, 0.3) is 11.2 Å². The fourth-order valence-corrected chi connectivity index (χ4v) is 4.97. The Hall–Kier alpha value is -0.680. The molecule has 0 amide bonds. The first-order valence-corrected chi connectivity index (χ1v) is 8.63. The van der Waals surface area contributed by atoms with E-state index < -0.39 is 0 Å². The summed E-state index contributed by atoms with van der Waals surface area (Å²) in [5.41, 5.74) is 2.65. The summed E-state index contributed by atoms with van der Waals surface area (Å²) in [6, 6.07) is 2.46. The van der Waals surface area contributed by atoms with E-state index in [1.54, 1.807) is 0 Å². The molecule has 0 bridgehead atoms. The van der Waals surface area contributed by atoms with E-state index in [0.29, 0.717) is 16.9 Å². The standard InChI is InChI=1S/C16H22BrN3S/c1-15(2)6-11(7-16(3,4)9-15)20-13-12(19-14(20)21)5-10(17)8-18-13/h5,8,11H,6-7,9H2,1-4H3,(H,19,21). The lowest BCUT2D eigenvalue weighted by Crippen LogP contribution is -2.35. The molecular weight excluding hydrogens is 346 g/mol. The lowest BCUT2D eigenvalue weighted by Gasteiger charge is -2.45. The molecule has 114 valence electrons. The Morgan fingerprint density at radius 2 is 1.90 bits per heavy atom. The quantitative estimate of drug-likeness (QED) is 0.662. The average molecular weight is 368 g/mol. The Balaban J connectivity index is 2.12. The van der Waals surface area contributed by atoms with Gasteiger partial charge in [-0.25, -0.2) is 4.98 Å². The van der Waals surface area contributed by atoms with Crippen LogP contribution in [-0.2, 0) is 0 Å². The van der Waals surface area contributed by atoms with Crippen LogP contribution >= 0.6 is 28.1 Å². The largest absolute Gasteiger partial charge is 0.329 e. The number of hydrogen-bond donors (Lipinski definition) is 1. The minimum absolute atomic E-state index is 0.333. The van der Waals surface area contributed by atoms with E-state index in [0.717, 1.165) is 33.2 Å². The average Bonchev–Trinajstić information content (AvgIpc) is 2.59. The van der Waals surface area contributed by atoms with Gasteiger partial charge in [0.2, 0.25) is 0 Å². The molecule has 2 aromatic rings. The highest BCUT2D eigenvalue weighted by Gasteiger charge is 2.39. The molecular formula is C16H22BrN3S. The zero-order chi connectivity index (χ0) is 15.4. The van der Waals surface area contributed by atoms with Crippen LogP contribution in [0, 0.1) is 15.6 Å². The molecule has 5 heteroatoms. The second kappa shape index (κ2) is 4.92. The molecule has 1 fully saturated rings.